The van der Waals surface area contributed by atoms with E-state index in [-0.39, 0.29) is 11.5 Å². The van der Waals surface area contributed by atoms with Crippen molar-refractivity contribution in [1.82, 2.24) is 14.6 Å². The highest BCUT2D eigenvalue weighted by atomic mass is 32.2. The first kappa shape index (κ1) is 21.5. The van der Waals surface area contributed by atoms with Crippen molar-refractivity contribution in [2.45, 2.75) is 13.3 Å². The molecule has 9 heteroatoms. The number of ketones is 1. The van der Waals surface area contributed by atoms with Crippen molar-refractivity contribution < 1.29 is 17.9 Å². The molecule has 4 rings (SSSR count). The molecule has 0 radical (unpaired) electrons. The molecule has 0 aliphatic rings. The van der Waals surface area contributed by atoms with Crippen LogP contribution in [0, 0.1) is 0 Å². The van der Waals surface area contributed by atoms with Gasteiger partial charge >= 0.3 is 0 Å². The summed E-state index contributed by atoms with van der Waals surface area (Å²) in [6, 6.07) is 15.6. The van der Waals surface area contributed by atoms with Gasteiger partial charge in [-0.25, -0.2) is 17.9 Å². The summed E-state index contributed by atoms with van der Waals surface area (Å²) in [6.45, 7) is 1.81. The van der Waals surface area contributed by atoms with Crippen LogP contribution < -0.4 is 9.46 Å². The van der Waals surface area contributed by atoms with E-state index in [1.807, 2.05) is 13.0 Å². The van der Waals surface area contributed by atoms with Gasteiger partial charge in [-0.2, -0.15) is 5.10 Å². The zero-order chi connectivity index (χ0) is 22.7. The Balaban J connectivity index is 1.71. The summed E-state index contributed by atoms with van der Waals surface area (Å²) >= 11 is 0. The number of sulfonamides is 1. The minimum absolute atomic E-state index is 0.0483. The molecule has 8 nitrogen and oxygen atoms in total. The topological polar surface area (TPSA) is 103 Å². The Morgan fingerprint density at radius 1 is 1.12 bits per heavy atom. The van der Waals surface area contributed by atoms with Crippen molar-refractivity contribution >= 4 is 27.1 Å². The van der Waals surface area contributed by atoms with Gasteiger partial charge in [-0.05, 0) is 48.9 Å². The molecule has 4 aromatic rings. The molecule has 0 saturated carbocycles. The van der Waals surface area contributed by atoms with Gasteiger partial charge in [0, 0.05) is 23.0 Å². The number of aromatic nitrogens is 3. The van der Waals surface area contributed by atoms with Crippen molar-refractivity contribution in [3.8, 4) is 17.0 Å². The average Bonchev–Trinajstić information content (AvgIpc) is 3.22. The minimum atomic E-state index is -3.41. The Labute approximate surface area is 185 Å². The molecule has 2 aromatic carbocycles. The molecule has 164 valence electrons. The number of rotatable bonds is 8. The van der Waals surface area contributed by atoms with Crippen LogP contribution in [0.4, 0.5) is 5.69 Å². The van der Waals surface area contributed by atoms with Crippen LogP contribution in [0.2, 0.25) is 0 Å². The molecule has 0 aliphatic heterocycles. The van der Waals surface area contributed by atoms with Gasteiger partial charge in [-0.15, -0.1) is 0 Å². The maximum atomic E-state index is 13.0. The van der Waals surface area contributed by atoms with Crippen LogP contribution in [0.5, 0.6) is 5.75 Å². The normalized spacial score (nSPS) is 11.4. The molecule has 2 heterocycles. The molecule has 0 atom stereocenters. The van der Waals surface area contributed by atoms with Crippen LogP contribution in [0.1, 0.15) is 29.3 Å². The van der Waals surface area contributed by atoms with E-state index in [1.165, 1.54) is 6.20 Å². The Kier molecular flexibility index (Phi) is 5.91. The molecule has 0 saturated heterocycles. The number of hydrogen-bond acceptors (Lipinski definition) is 6. The molecule has 0 spiro atoms. The summed E-state index contributed by atoms with van der Waals surface area (Å²) in [7, 11) is -1.84. The number of nitrogens with one attached hydrogen (secondary N) is 1. The predicted molar refractivity (Wildman–Crippen MR) is 123 cm³/mol. The lowest BCUT2D eigenvalue weighted by Crippen LogP contribution is -2.16. The lowest BCUT2D eigenvalue weighted by atomic mass is 10.1. The molecule has 0 bridgehead atoms. The van der Waals surface area contributed by atoms with Crippen LogP contribution in [0.15, 0.2) is 67.0 Å². The van der Waals surface area contributed by atoms with Gasteiger partial charge in [-0.1, -0.05) is 19.1 Å². The average molecular weight is 451 g/mol. The van der Waals surface area contributed by atoms with E-state index in [1.54, 1.807) is 66.4 Å². The Morgan fingerprint density at radius 2 is 1.91 bits per heavy atom. The Morgan fingerprint density at radius 3 is 2.62 bits per heavy atom. The highest BCUT2D eigenvalue weighted by molar-refractivity contribution is 7.92. The molecule has 0 fully saturated rings. The third-order valence-electron chi connectivity index (χ3n) is 4.90. The van der Waals surface area contributed by atoms with E-state index in [9.17, 15) is 13.2 Å². The molecule has 0 aliphatic carbocycles. The fraction of sp³-hybridized carbons (Fsp3) is 0.174. The zero-order valence-corrected chi connectivity index (χ0v) is 18.5. The SMILES string of the molecule is CCCS(=O)(=O)Nc1cccc(-c2ccnc3c(C(=O)c4ccc(OC)cc4)cnn23)c1. The summed E-state index contributed by atoms with van der Waals surface area (Å²) in [5.41, 5.74) is 3.17. The first-order valence-electron chi connectivity index (χ1n) is 10.0. The van der Waals surface area contributed by atoms with E-state index < -0.39 is 10.0 Å². The quantitative estimate of drug-likeness (QED) is 0.410. The van der Waals surface area contributed by atoms with Crippen molar-refractivity contribution in [3.63, 3.8) is 0 Å². The van der Waals surface area contributed by atoms with Crippen LogP contribution in [-0.2, 0) is 10.0 Å². The van der Waals surface area contributed by atoms with Crippen molar-refractivity contribution in [1.29, 1.82) is 0 Å². The van der Waals surface area contributed by atoms with Gasteiger partial charge in [0.15, 0.2) is 11.4 Å². The first-order valence-corrected chi connectivity index (χ1v) is 11.7. The highest BCUT2D eigenvalue weighted by Gasteiger charge is 2.18. The molecule has 0 unspecified atom stereocenters. The molecule has 1 N–H and O–H groups in total. The third-order valence-corrected chi connectivity index (χ3v) is 6.40. The number of carbonyl (C=O) groups is 1. The van der Waals surface area contributed by atoms with Gasteiger partial charge in [0.2, 0.25) is 10.0 Å². The van der Waals surface area contributed by atoms with Gasteiger partial charge in [0.05, 0.1) is 30.3 Å². The number of methoxy groups -OCH3 is 1. The number of hydrogen-bond donors (Lipinski definition) is 1. The maximum Gasteiger partial charge on any atom is 0.232 e. The molecule has 2 aromatic heterocycles. The van der Waals surface area contributed by atoms with Gasteiger partial charge in [0.1, 0.15) is 5.75 Å². The number of ether oxygens (including phenoxy) is 1. The third kappa shape index (κ3) is 4.33. The Bertz CT molecular complexity index is 1380. The second kappa shape index (κ2) is 8.80. The van der Waals surface area contributed by atoms with Crippen LogP contribution in [0.3, 0.4) is 0 Å². The number of carbonyl (C=O) groups excluding carboxylic acids is 1. The van der Waals surface area contributed by atoms with Crippen LogP contribution >= 0.6 is 0 Å². The van der Waals surface area contributed by atoms with Crippen LogP contribution in [0.25, 0.3) is 16.9 Å². The second-order valence-corrected chi connectivity index (χ2v) is 9.02. The van der Waals surface area contributed by atoms with E-state index in [4.69, 9.17) is 4.74 Å². The summed E-state index contributed by atoms with van der Waals surface area (Å²) in [5.74, 6) is 0.511. The number of nitrogens with zero attached hydrogens (tertiary/aromatic N) is 3. The van der Waals surface area contributed by atoms with Crippen molar-refractivity contribution in [2.75, 3.05) is 17.6 Å². The molecule has 0 amide bonds. The number of benzene rings is 2. The van der Waals surface area contributed by atoms with Gasteiger partial charge in [0.25, 0.3) is 0 Å². The van der Waals surface area contributed by atoms with Crippen molar-refractivity contribution in [2.24, 2.45) is 0 Å². The van der Waals surface area contributed by atoms with Crippen molar-refractivity contribution in [3.05, 3.63) is 78.1 Å². The van der Waals surface area contributed by atoms with E-state index in [0.29, 0.717) is 40.3 Å². The fourth-order valence-corrected chi connectivity index (χ4v) is 4.54. The summed E-state index contributed by atoms with van der Waals surface area (Å²) in [4.78, 5) is 17.4. The second-order valence-electron chi connectivity index (χ2n) is 7.18. The highest BCUT2D eigenvalue weighted by Crippen LogP contribution is 2.25. The molecule has 32 heavy (non-hydrogen) atoms. The van der Waals surface area contributed by atoms with Crippen LogP contribution in [-0.4, -0.2) is 41.7 Å². The van der Waals surface area contributed by atoms with E-state index in [2.05, 4.69) is 14.8 Å². The van der Waals surface area contributed by atoms with E-state index >= 15 is 0 Å². The lowest BCUT2D eigenvalue weighted by Gasteiger charge is -2.10. The maximum absolute atomic E-state index is 13.0. The lowest BCUT2D eigenvalue weighted by molar-refractivity contribution is 0.104. The Hall–Kier alpha value is -3.72. The minimum Gasteiger partial charge on any atom is -0.497 e. The number of anilines is 1. The van der Waals surface area contributed by atoms with E-state index in [0.717, 1.165) is 5.56 Å². The molecular weight excluding hydrogens is 428 g/mol. The standard InChI is InChI=1S/C23H22N4O4S/c1-3-13-32(29,30)26-18-6-4-5-17(14-18)21-11-12-24-23-20(15-25-27(21)23)22(28)16-7-9-19(31-2)10-8-16/h4-12,14-15,26H,3,13H2,1-2H3. The zero-order valence-electron chi connectivity index (χ0n) is 17.6. The van der Waals surface area contributed by atoms with Gasteiger partial charge < -0.3 is 4.74 Å². The predicted octanol–water partition coefficient (Wildman–Crippen LogP) is 3.79. The first-order chi connectivity index (χ1) is 15.4. The fourth-order valence-electron chi connectivity index (χ4n) is 3.41. The summed E-state index contributed by atoms with van der Waals surface area (Å²) in [5, 5.41) is 4.38. The molecular formula is C23H22N4O4S. The summed E-state index contributed by atoms with van der Waals surface area (Å²) < 4.78 is 33.6. The summed E-state index contributed by atoms with van der Waals surface area (Å²) in [6.07, 6.45) is 3.62. The number of fused-ring (bicyclic) bond motifs is 1. The largest absolute Gasteiger partial charge is 0.497 e. The smallest absolute Gasteiger partial charge is 0.232 e. The monoisotopic (exact) mass is 450 g/mol. The van der Waals surface area contributed by atoms with Gasteiger partial charge in [-0.3, -0.25) is 9.52 Å².